The second-order valence-corrected chi connectivity index (χ2v) is 7.09. The SMILES string of the molecule is CCn1cc(S(=O)(=O)N(C)C2CCC2)cc1CNC. The Morgan fingerprint density at radius 1 is 1.47 bits per heavy atom. The Morgan fingerprint density at radius 3 is 2.63 bits per heavy atom. The van der Waals surface area contributed by atoms with E-state index in [9.17, 15) is 8.42 Å². The maximum Gasteiger partial charge on any atom is 0.244 e. The molecule has 1 aromatic heterocycles. The summed E-state index contributed by atoms with van der Waals surface area (Å²) in [4.78, 5) is 0.411. The highest BCUT2D eigenvalue weighted by molar-refractivity contribution is 7.89. The van der Waals surface area contributed by atoms with Gasteiger partial charge in [0, 0.05) is 38.1 Å². The molecule has 1 aliphatic rings. The summed E-state index contributed by atoms with van der Waals surface area (Å²) in [7, 11) is 0.213. The molecular weight excluding hydrogens is 262 g/mol. The van der Waals surface area contributed by atoms with E-state index in [1.54, 1.807) is 19.3 Å². The Balaban J connectivity index is 2.29. The molecule has 5 nitrogen and oxygen atoms in total. The van der Waals surface area contributed by atoms with Gasteiger partial charge in [0.15, 0.2) is 0 Å². The zero-order chi connectivity index (χ0) is 14.0. The molecule has 1 aliphatic carbocycles. The fraction of sp³-hybridized carbons (Fsp3) is 0.692. The third-order valence-corrected chi connectivity index (χ3v) is 5.80. The smallest absolute Gasteiger partial charge is 0.244 e. The van der Waals surface area contributed by atoms with E-state index in [0.717, 1.165) is 31.5 Å². The molecule has 0 spiro atoms. The minimum absolute atomic E-state index is 0.183. The highest BCUT2D eigenvalue weighted by atomic mass is 32.2. The highest BCUT2D eigenvalue weighted by Crippen LogP contribution is 2.29. The molecule has 0 aromatic carbocycles. The Bertz CT molecular complexity index is 532. The molecule has 0 bridgehead atoms. The van der Waals surface area contributed by atoms with Crippen molar-refractivity contribution in [1.29, 1.82) is 0 Å². The third kappa shape index (κ3) is 2.70. The second kappa shape index (κ2) is 5.64. The van der Waals surface area contributed by atoms with Gasteiger partial charge in [-0.3, -0.25) is 0 Å². The van der Waals surface area contributed by atoms with E-state index in [1.807, 2.05) is 18.5 Å². The summed E-state index contributed by atoms with van der Waals surface area (Å²) in [5, 5.41) is 3.07. The first kappa shape index (κ1) is 14.6. The fourth-order valence-corrected chi connectivity index (χ4v) is 3.88. The lowest BCUT2D eigenvalue weighted by atomic mass is 9.94. The summed E-state index contributed by atoms with van der Waals surface area (Å²) in [6.45, 7) is 3.47. The van der Waals surface area contributed by atoms with Crippen molar-refractivity contribution in [3.63, 3.8) is 0 Å². The van der Waals surface area contributed by atoms with Crippen LogP contribution >= 0.6 is 0 Å². The summed E-state index contributed by atoms with van der Waals surface area (Å²) in [6.07, 6.45) is 4.84. The van der Waals surface area contributed by atoms with E-state index >= 15 is 0 Å². The molecule has 2 rings (SSSR count). The molecule has 0 saturated heterocycles. The van der Waals surface area contributed by atoms with Crippen molar-refractivity contribution < 1.29 is 8.42 Å². The van der Waals surface area contributed by atoms with Crippen LogP contribution in [0, 0.1) is 0 Å². The molecule has 0 aliphatic heterocycles. The first-order chi connectivity index (χ1) is 9.00. The molecule has 6 heteroatoms. The predicted molar refractivity (Wildman–Crippen MR) is 75.5 cm³/mol. The van der Waals surface area contributed by atoms with Crippen molar-refractivity contribution >= 4 is 10.0 Å². The molecule has 1 N–H and O–H groups in total. The van der Waals surface area contributed by atoms with Gasteiger partial charge in [-0.1, -0.05) is 6.42 Å². The number of aryl methyl sites for hydroxylation is 1. The van der Waals surface area contributed by atoms with Crippen molar-refractivity contribution in [2.45, 2.75) is 50.2 Å². The van der Waals surface area contributed by atoms with E-state index in [1.165, 1.54) is 4.31 Å². The molecule has 0 atom stereocenters. The van der Waals surface area contributed by atoms with Gasteiger partial charge in [0.2, 0.25) is 10.0 Å². The lowest BCUT2D eigenvalue weighted by molar-refractivity contribution is 0.249. The van der Waals surface area contributed by atoms with Gasteiger partial charge in [0.1, 0.15) is 4.90 Å². The van der Waals surface area contributed by atoms with E-state index < -0.39 is 10.0 Å². The van der Waals surface area contributed by atoms with Crippen LogP contribution in [-0.2, 0) is 23.1 Å². The molecule has 108 valence electrons. The van der Waals surface area contributed by atoms with Crippen LogP contribution < -0.4 is 5.32 Å². The van der Waals surface area contributed by atoms with Crippen molar-refractivity contribution in [2.24, 2.45) is 0 Å². The van der Waals surface area contributed by atoms with Crippen LogP contribution in [0.2, 0.25) is 0 Å². The number of rotatable bonds is 6. The van der Waals surface area contributed by atoms with Crippen LogP contribution in [0.15, 0.2) is 17.2 Å². The van der Waals surface area contributed by atoms with Gasteiger partial charge >= 0.3 is 0 Å². The fourth-order valence-electron chi connectivity index (χ4n) is 2.40. The van der Waals surface area contributed by atoms with Crippen LogP contribution in [0.5, 0.6) is 0 Å². The summed E-state index contributed by atoms with van der Waals surface area (Å²) < 4.78 is 28.6. The molecule has 1 heterocycles. The maximum atomic E-state index is 12.5. The zero-order valence-electron chi connectivity index (χ0n) is 11.9. The number of aromatic nitrogens is 1. The van der Waals surface area contributed by atoms with Gasteiger partial charge in [0.25, 0.3) is 0 Å². The second-order valence-electron chi connectivity index (χ2n) is 5.09. The molecule has 1 saturated carbocycles. The minimum Gasteiger partial charge on any atom is -0.349 e. The Kier molecular flexibility index (Phi) is 4.32. The van der Waals surface area contributed by atoms with E-state index in [4.69, 9.17) is 0 Å². The molecule has 1 fully saturated rings. The zero-order valence-corrected chi connectivity index (χ0v) is 12.7. The van der Waals surface area contributed by atoms with Crippen LogP contribution in [-0.4, -0.2) is 37.4 Å². The van der Waals surface area contributed by atoms with Gasteiger partial charge in [-0.25, -0.2) is 8.42 Å². The summed E-state index contributed by atoms with van der Waals surface area (Å²) >= 11 is 0. The van der Waals surface area contributed by atoms with Gasteiger partial charge in [-0.05, 0) is 32.9 Å². The predicted octanol–water partition coefficient (Wildman–Crippen LogP) is 1.40. The highest BCUT2D eigenvalue weighted by Gasteiger charge is 2.32. The van der Waals surface area contributed by atoms with Crippen LogP contribution in [0.25, 0.3) is 0 Å². The largest absolute Gasteiger partial charge is 0.349 e. The van der Waals surface area contributed by atoms with Crippen molar-refractivity contribution in [3.05, 3.63) is 18.0 Å². The number of sulfonamides is 1. The summed E-state index contributed by atoms with van der Waals surface area (Å²) in [6, 6.07) is 1.97. The molecule has 19 heavy (non-hydrogen) atoms. The van der Waals surface area contributed by atoms with Gasteiger partial charge in [-0.15, -0.1) is 0 Å². The first-order valence-electron chi connectivity index (χ1n) is 6.82. The molecular formula is C13H23N3O2S. The summed E-state index contributed by atoms with van der Waals surface area (Å²) in [5.74, 6) is 0. The summed E-state index contributed by atoms with van der Waals surface area (Å²) in [5.41, 5.74) is 1.01. The van der Waals surface area contributed by atoms with Crippen LogP contribution in [0.1, 0.15) is 31.9 Å². The first-order valence-corrected chi connectivity index (χ1v) is 8.26. The van der Waals surface area contributed by atoms with Crippen molar-refractivity contribution in [1.82, 2.24) is 14.2 Å². The van der Waals surface area contributed by atoms with Gasteiger partial charge in [0.05, 0.1) is 0 Å². The normalized spacial score (nSPS) is 16.8. The lowest BCUT2D eigenvalue weighted by Crippen LogP contribution is -2.41. The molecule has 0 unspecified atom stereocenters. The Labute approximate surface area is 115 Å². The monoisotopic (exact) mass is 285 g/mol. The molecule has 0 amide bonds. The molecule has 0 radical (unpaired) electrons. The van der Waals surface area contributed by atoms with Crippen LogP contribution in [0.3, 0.4) is 0 Å². The van der Waals surface area contributed by atoms with Crippen molar-refractivity contribution in [2.75, 3.05) is 14.1 Å². The Hall–Kier alpha value is -0.850. The maximum absolute atomic E-state index is 12.5. The number of hydrogen-bond donors (Lipinski definition) is 1. The third-order valence-electron chi connectivity index (χ3n) is 3.93. The molecule has 1 aromatic rings. The van der Waals surface area contributed by atoms with E-state index in [-0.39, 0.29) is 6.04 Å². The Morgan fingerprint density at radius 2 is 2.16 bits per heavy atom. The van der Waals surface area contributed by atoms with E-state index in [2.05, 4.69) is 5.32 Å². The number of nitrogens with zero attached hydrogens (tertiary/aromatic N) is 2. The standard InChI is InChI=1S/C13H23N3O2S/c1-4-16-10-13(8-12(16)9-14-2)19(17,18)15(3)11-6-5-7-11/h8,10-11,14H,4-7,9H2,1-3H3. The minimum atomic E-state index is -3.34. The average molecular weight is 285 g/mol. The van der Waals surface area contributed by atoms with Crippen LogP contribution in [0.4, 0.5) is 0 Å². The quantitative estimate of drug-likeness (QED) is 0.859. The lowest BCUT2D eigenvalue weighted by Gasteiger charge is -2.33. The average Bonchev–Trinajstić information content (AvgIpc) is 2.71. The topological polar surface area (TPSA) is 54.3 Å². The number of hydrogen-bond acceptors (Lipinski definition) is 3. The van der Waals surface area contributed by atoms with Gasteiger partial charge < -0.3 is 9.88 Å². The number of nitrogens with one attached hydrogen (secondary N) is 1. The van der Waals surface area contributed by atoms with Crippen molar-refractivity contribution in [3.8, 4) is 0 Å². The van der Waals surface area contributed by atoms with E-state index in [0.29, 0.717) is 11.4 Å². The van der Waals surface area contributed by atoms with Gasteiger partial charge in [-0.2, -0.15) is 4.31 Å².